The Balaban J connectivity index is 1.63. The van der Waals surface area contributed by atoms with E-state index < -0.39 is 0 Å². The van der Waals surface area contributed by atoms with E-state index in [9.17, 15) is 4.79 Å². The summed E-state index contributed by atoms with van der Waals surface area (Å²) < 4.78 is 0. The van der Waals surface area contributed by atoms with Crippen molar-refractivity contribution in [3.05, 3.63) is 35.9 Å². The third kappa shape index (κ3) is 3.08. The Bertz CT molecular complexity index is 544. The summed E-state index contributed by atoms with van der Waals surface area (Å²) >= 11 is 0. The Morgan fingerprint density at radius 1 is 1.43 bits per heavy atom. The fourth-order valence-corrected chi connectivity index (χ4v) is 3.17. The zero-order chi connectivity index (χ0) is 14.7. The van der Waals surface area contributed by atoms with Crippen LogP contribution in [0.4, 0.5) is 0 Å². The van der Waals surface area contributed by atoms with E-state index in [-0.39, 0.29) is 11.5 Å². The molecular weight excluding hydrogens is 266 g/mol. The Hall–Kier alpha value is -1.88. The quantitative estimate of drug-likeness (QED) is 0.917. The van der Waals surface area contributed by atoms with Crippen molar-refractivity contribution in [2.24, 2.45) is 5.16 Å². The molecule has 5 heteroatoms. The number of rotatable bonds is 3. The van der Waals surface area contributed by atoms with Crippen LogP contribution in [0.2, 0.25) is 0 Å². The molecule has 0 bridgehead atoms. The number of nitrogens with one attached hydrogen (secondary N) is 1. The first-order valence-corrected chi connectivity index (χ1v) is 7.44. The zero-order valence-electron chi connectivity index (χ0n) is 12.3. The molecule has 1 fully saturated rings. The predicted octanol–water partition coefficient (Wildman–Crippen LogP) is 1.54. The monoisotopic (exact) mass is 287 g/mol. The van der Waals surface area contributed by atoms with Gasteiger partial charge in [0, 0.05) is 26.6 Å². The number of piperidine rings is 1. The second kappa shape index (κ2) is 5.85. The molecule has 1 amide bonds. The van der Waals surface area contributed by atoms with Crippen molar-refractivity contribution in [1.29, 1.82) is 0 Å². The number of oxime groups is 1. The van der Waals surface area contributed by atoms with Gasteiger partial charge in [-0.3, -0.25) is 9.69 Å². The van der Waals surface area contributed by atoms with Crippen LogP contribution in [0.3, 0.4) is 0 Å². The molecule has 0 radical (unpaired) electrons. The van der Waals surface area contributed by atoms with Gasteiger partial charge in [-0.05, 0) is 24.9 Å². The van der Waals surface area contributed by atoms with Crippen molar-refractivity contribution in [3.63, 3.8) is 0 Å². The Labute approximate surface area is 125 Å². The third-order valence-electron chi connectivity index (χ3n) is 4.20. The van der Waals surface area contributed by atoms with Gasteiger partial charge in [-0.15, -0.1) is 0 Å². The molecule has 2 aliphatic rings. The predicted molar refractivity (Wildman–Crippen MR) is 80.9 cm³/mol. The lowest BCUT2D eigenvalue weighted by Gasteiger charge is -2.38. The average molecular weight is 287 g/mol. The van der Waals surface area contributed by atoms with Gasteiger partial charge in [0.1, 0.15) is 5.71 Å². The fraction of sp³-hybridized carbons (Fsp3) is 0.500. The van der Waals surface area contributed by atoms with Gasteiger partial charge in [0.05, 0.1) is 0 Å². The number of likely N-dealkylation sites (tertiary alicyclic amines) is 1. The highest BCUT2D eigenvalue weighted by atomic mass is 16.7. The maximum atomic E-state index is 11.7. The molecule has 1 unspecified atom stereocenters. The molecule has 2 aliphatic heterocycles. The SMILES string of the molecule is CNC(=O)C1=NOC2(CCCN(Cc3ccccc3)C2)C1. The number of hydrogen-bond donors (Lipinski definition) is 1. The van der Waals surface area contributed by atoms with Crippen molar-refractivity contribution >= 4 is 11.6 Å². The maximum Gasteiger partial charge on any atom is 0.268 e. The number of benzene rings is 1. The summed E-state index contributed by atoms with van der Waals surface area (Å²) in [5.74, 6) is -0.132. The lowest BCUT2D eigenvalue weighted by molar-refractivity contribution is -0.114. The molecule has 5 nitrogen and oxygen atoms in total. The van der Waals surface area contributed by atoms with Crippen LogP contribution in [0, 0.1) is 0 Å². The first-order chi connectivity index (χ1) is 10.2. The van der Waals surface area contributed by atoms with E-state index in [1.54, 1.807) is 7.05 Å². The first-order valence-electron chi connectivity index (χ1n) is 7.44. The second-order valence-corrected chi connectivity index (χ2v) is 5.87. The minimum atomic E-state index is -0.311. The van der Waals surface area contributed by atoms with Crippen LogP contribution in [0.25, 0.3) is 0 Å². The molecule has 1 saturated heterocycles. The number of hydrogen-bond acceptors (Lipinski definition) is 4. The molecule has 1 aromatic rings. The molecule has 21 heavy (non-hydrogen) atoms. The van der Waals surface area contributed by atoms with Gasteiger partial charge in [0.25, 0.3) is 5.91 Å². The fourth-order valence-electron chi connectivity index (χ4n) is 3.17. The standard InChI is InChI=1S/C16H21N3O2/c1-17-15(20)14-10-16(21-18-14)8-5-9-19(12-16)11-13-6-3-2-4-7-13/h2-4,6-7H,5,8-12H2,1H3,(H,17,20). The number of carbonyl (C=O) groups is 1. The second-order valence-electron chi connectivity index (χ2n) is 5.87. The van der Waals surface area contributed by atoms with Gasteiger partial charge in [0.15, 0.2) is 5.60 Å². The van der Waals surface area contributed by atoms with Gasteiger partial charge >= 0.3 is 0 Å². The molecule has 0 aromatic heterocycles. The van der Waals surface area contributed by atoms with Crippen LogP contribution in [0.1, 0.15) is 24.8 Å². The lowest BCUT2D eigenvalue weighted by atomic mass is 9.88. The molecular formula is C16H21N3O2. The van der Waals surface area contributed by atoms with Gasteiger partial charge in [0.2, 0.25) is 0 Å². The molecule has 2 heterocycles. The lowest BCUT2D eigenvalue weighted by Crippen LogP contribution is -2.48. The van der Waals surface area contributed by atoms with E-state index in [2.05, 4.69) is 39.6 Å². The summed E-state index contributed by atoms with van der Waals surface area (Å²) in [6.45, 7) is 2.81. The average Bonchev–Trinajstić information content (AvgIpc) is 2.91. The van der Waals surface area contributed by atoms with Crippen LogP contribution in [0.15, 0.2) is 35.5 Å². The summed E-state index contributed by atoms with van der Waals surface area (Å²) in [4.78, 5) is 19.7. The normalized spacial score (nSPS) is 25.5. The number of amides is 1. The van der Waals surface area contributed by atoms with E-state index in [4.69, 9.17) is 4.84 Å². The molecule has 1 N–H and O–H groups in total. The van der Waals surface area contributed by atoms with E-state index in [0.717, 1.165) is 32.5 Å². The smallest absolute Gasteiger partial charge is 0.268 e. The topological polar surface area (TPSA) is 53.9 Å². The molecule has 1 atom stereocenters. The van der Waals surface area contributed by atoms with E-state index >= 15 is 0 Å². The van der Waals surface area contributed by atoms with Crippen molar-refractivity contribution in [3.8, 4) is 0 Å². The summed E-state index contributed by atoms with van der Waals surface area (Å²) in [7, 11) is 1.62. The molecule has 1 spiro atoms. The highest BCUT2D eigenvalue weighted by molar-refractivity contribution is 6.39. The number of nitrogens with zero attached hydrogens (tertiary/aromatic N) is 2. The summed E-state index contributed by atoms with van der Waals surface area (Å²) in [6.07, 6.45) is 2.64. The van der Waals surface area contributed by atoms with Crippen LogP contribution in [-0.4, -0.2) is 42.3 Å². The largest absolute Gasteiger partial charge is 0.387 e. The first kappa shape index (κ1) is 14.1. The minimum Gasteiger partial charge on any atom is -0.387 e. The molecule has 0 saturated carbocycles. The molecule has 3 rings (SSSR count). The zero-order valence-corrected chi connectivity index (χ0v) is 12.3. The maximum absolute atomic E-state index is 11.7. The van der Waals surface area contributed by atoms with Crippen molar-refractivity contribution in [2.45, 2.75) is 31.4 Å². The Kier molecular flexibility index (Phi) is 3.92. The van der Waals surface area contributed by atoms with Gasteiger partial charge in [-0.1, -0.05) is 35.5 Å². The molecule has 112 valence electrons. The van der Waals surface area contributed by atoms with Crippen LogP contribution in [-0.2, 0) is 16.2 Å². The van der Waals surface area contributed by atoms with E-state index in [1.807, 2.05) is 6.07 Å². The van der Waals surface area contributed by atoms with Gasteiger partial charge in [-0.25, -0.2) is 0 Å². The van der Waals surface area contributed by atoms with Crippen molar-refractivity contribution in [2.75, 3.05) is 20.1 Å². The van der Waals surface area contributed by atoms with E-state index in [1.165, 1.54) is 5.56 Å². The van der Waals surface area contributed by atoms with Crippen molar-refractivity contribution < 1.29 is 9.63 Å². The summed E-state index contributed by atoms with van der Waals surface area (Å²) in [5, 5.41) is 6.62. The third-order valence-corrected chi connectivity index (χ3v) is 4.20. The van der Waals surface area contributed by atoms with Crippen molar-refractivity contribution in [1.82, 2.24) is 10.2 Å². The molecule has 1 aromatic carbocycles. The Morgan fingerprint density at radius 3 is 3.00 bits per heavy atom. The Morgan fingerprint density at radius 2 is 2.24 bits per heavy atom. The molecule has 0 aliphatic carbocycles. The van der Waals surface area contributed by atoms with Crippen LogP contribution < -0.4 is 5.32 Å². The summed E-state index contributed by atoms with van der Waals surface area (Å²) in [5.41, 5.74) is 1.51. The highest BCUT2D eigenvalue weighted by Crippen LogP contribution is 2.33. The summed E-state index contributed by atoms with van der Waals surface area (Å²) in [6, 6.07) is 10.4. The van der Waals surface area contributed by atoms with E-state index in [0.29, 0.717) is 12.1 Å². The number of carbonyl (C=O) groups excluding carboxylic acids is 1. The minimum absolute atomic E-state index is 0.132. The van der Waals surface area contributed by atoms with Crippen LogP contribution >= 0.6 is 0 Å². The van der Waals surface area contributed by atoms with Crippen LogP contribution in [0.5, 0.6) is 0 Å². The highest BCUT2D eigenvalue weighted by Gasteiger charge is 2.44. The van der Waals surface area contributed by atoms with Gasteiger partial charge < -0.3 is 10.2 Å². The van der Waals surface area contributed by atoms with Gasteiger partial charge in [-0.2, -0.15) is 0 Å².